The number of ether oxygens (including phenoxy) is 1. The van der Waals surface area contributed by atoms with Crippen LogP contribution in [-0.2, 0) is 6.54 Å². The fourth-order valence-corrected chi connectivity index (χ4v) is 4.21. The number of aryl methyl sites for hydroxylation is 1. The van der Waals surface area contributed by atoms with Crippen LogP contribution >= 0.6 is 0 Å². The van der Waals surface area contributed by atoms with Crippen LogP contribution in [0.4, 0.5) is 4.79 Å². The summed E-state index contributed by atoms with van der Waals surface area (Å²) < 4.78 is 11.0. The number of nitrogens with zero attached hydrogens (tertiary/aromatic N) is 3. The van der Waals surface area contributed by atoms with Crippen LogP contribution in [0.3, 0.4) is 0 Å². The minimum atomic E-state index is -0.415. The van der Waals surface area contributed by atoms with Crippen LogP contribution in [0.2, 0.25) is 0 Å². The number of urea groups is 1. The Labute approximate surface area is 204 Å². The standard InChI is InChI=1S/C28H26N4O3/c1-18-9-11-20(12-10-18)17-32-19(2)24(25(29-28(32)33)21-7-5-4-6-8-21)27-30-26(31-35-27)22-13-15-23(34-3)16-14-22/h4-16,25H,17H2,1-3H3,(H,29,33). The molecule has 1 aliphatic rings. The molecule has 4 aromatic rings. The largest absolute Gasteiger partial charge is 0.497 e. The fourth-order valence-electron chi connectivity index (χ4n) is 4.21. The topological polar surface area (TPSA) is 80.5 Å². The fraction of sp³-hybridized carbons (Fsp3) is 0.179. The molecule has 1 aromatic heterocycles. The van der Waals surface area contributed by atoms with E-state index >= 15 is 0 Å². The van der Waals surface area contributed by atoms with E-state index in [9.17, 15) is 4.79 Å². The maximum absolute atomic E-state index is 13.2. The smallest absolute Gasteiger partial charge is 0.322 e. The van der Waals surface area contributed by atoms with E-state index in [-0.39, 0.29) is 6.03 Å². The number of rotatable bonds is 6. The van der Waals surface area contributed by atoms with Crippen LogP contribution in [0.15, 0.2) is 89.1 Å². The third-order valence-electron chi connectivity index (χ3n) is 6.20. The summed E-state index contributed by atoms with van der Waals surface area (Å²) in [6.45, 7) is 4.40. The first-order chi connectivity index (χ1) is 17.0. The van der Waals surface area contributed by atoms with Crippen LogP contribution in [0.25, 0.3) is 17.0 Å². The highest BCUT2D eigenvalue weighted by Crippen LogP contribution is 2.37. The molecular formula is C28H26N4O3. The highest BCUT2D eigenvalue weighted by molar-refractivity contribution is 5.86. The zero-order valence-electron chi connectivity index (χ0n) is 19.9. The number of nitrogens with one attached hydrogen (secondary N) is 1. The molecule has 0 aliphatic carbocycles. The summed E-state index contributed by atoms with van der Waals surface area (Å²) in [4.78, 5) is 19.7. The summed E-state index contributed by atoms with van der Waals surface area (Å²) in [6.07, 6.45) is 0. The molecule has 7 heteroatoms. The Kier molecular flexibility index (Phi) is 6.06. The van der Waals surface area contributed by atoms with Crippen molar-refractivity contribution in [3.05, 3.63) is 107 Å². The number of benzene rings is 3. The number of amides is 2. The van der Waals surface area contributed by atoms with E-state index in [0.717, 1.165) is 33.7 Å². The van der Waals surface area contributed by atoms with Crippen LogP contribution in [0.1, 0.15) is 35.5 Å². The minimum absolute atomic E-state index is 0.171. The van der Waals surface area contributed by atoms with Crippen LogP contribution in [0.5, 0.6) is 5.75 Å². The third-order valence-corrected chi connectivity index (χ3v) is 6.20. The summed E-state index contributed by atoms with van der Waals surface area (Å²) in [5, 5.41) is 7.37. The molecule has 35 heavy (non-hydrogen) atoms. The SMILES string of the molecule is COc1ccc(-c2noc(C3=C(C)N(Cc4ccc(C)cc4)C(=O)NC3c3ccccc3)n2)cc1. The number of methoxy groups -OCH3 is 1. The zero-order chi connectivity index (χ0) is 24.4. The van der Waals surface area contributed by atoms with Gasteiger partial charge in [-0.25, -0.2) is 4.79 Å². The van der Waals surface area contributed by atoms with E-state index in [4.69, 9.17) is 14.2 Å². The molecule has 1 N–H and O–H groups in total. The predicted octanol–water partition coefficient (Wildman–Crippen LogP) is 5.75. The van der Waals surface area contributed by atoms with Crippen LogP contribution < -0.4 is 10.1 Å². The van der Waals surface area contributed by atoms with Gasteiger partial charge in [-0.05, 0) is 49.2 Å². The number of aromatic nitrogens is 2. The van der Waals surface area contributed by atoms with E-state index in [2.05, 4.69) is 10.5 Å². The molecule has 0 spiro atoms. The lowest BCUT2D eigenvalue weighted by Crippen LogP contribution is -2.45. The molecule has 2 heterocycles. The van der Waals surface area contributed by atoms with E-state index in [0.29, 0.717) is 18.3 Å². The third kappa shape index (κ3) is 4.53. The highest BCUT2D eigenvalue weighted by Gasteiger charge is 2.35. The van der Waals surface area contributed by atoms with Gasteiger partial charge >= 0.3 is 6.03 Å². The first-order valence-corrected chi connectivity index (χ1v) is 11.4. The second-order valence-electron chi connectivity index (χ2n) is 8.52. The molecule has 5 rings (SSSR count). The molecule has 0 saturated heterocycles. The van der Waals surface area contributed by atoms with Gasteiger partial charge in [0.25, 0.3) is 5.89 Å². The van der Waals surface area contributed by atoms with Crippen molar-refractivity contribution in [2.24, 2.45) is 0 Å². The van der Waals surface area contributed by atoms with Crippen molar-refractivity contribution in [2.75, 3.05) is 7.11 Å². The van der Waals surface area contributed by atoms with Crippen molar-refractivity contribution in [1.29, 1.82) is 0 Å². The Morgan fingerprint density at radius 3 is 2.37 bits per heavy atom. The Morgan fingerprint density at radius 1 is 0.971 bits per heavy atom. The van der Waals surface area contributed by atoms with Gasteiger partial charge < -0.3 is 14.6 Å². The molecule has 1 unspecified atom stereocenters. The van der Waals surface area contributed by atoms with Crippen molar-refractivity contribution in [3.8, 4) is 17.1 Å². The lowest BCUT2D eigenvalue weighted by atomic mass is 9.94. The average molecular weight is 467 g/mol. The molecular weight excluding hydrogens is 440 g/mol. The number of hydrogen-bond donors (Lipinski definition) is 1. The van der Waals surface area contributed by atoms with Gasteiger partial charge in [-0.3, -0.25) is 4.90 Å². The van der Waals surface area contributed by atoms with Crippen molar-refractivity contribution in [2.45, 2.75) is 26.4 Å². The number of carbonyl (C=O) groups is 1. The van der Waals surface area contributed by atoms with E-state index in [1.807, 2.05) is 92.7 Å². The van der Waals surface area contributed by atoms with E-state index in [1.165, 1.54) is 5.56 Å². The van der Waals surface area contributed by atoms with Crippen molar-refractivity contribution >= 4 is 11.6 Å². The van der Waals surface area contributed by atoms with Gasteiger partial charge in [0, 0.05) is 11.3 Å². The van der Waals surface area contributed by atoms with Gasteiger partial charge in [0.15, 0.2) is 0 Å². The Bertz CT molecular complexity index is 1360. The summed E-state index contributed by atoms with van der Waals surface area (Å²) in [5.41, 5.74) is 5.50. The van der Waals surface area contributed by atoms with Gasteiger partial charge in [-0.15, -0.1) is 0 Å². The van der Waals surface area contributed by atoms with E-state index < -0.39 is 6.04 Å². The highest BCUT2D eigenvalue weighted by atomic mass is 16.5. The van der Waals surface area contributed by atoms with Crippen LogP contribution in [-0.4, -0.2) is 28.2 Å². The molecule has 0 bridgehead atoms. The van der Waals surface area contributed by atoms with E-state index in [1.54, 1.807) is 12.0 Å². The summed E-state index contributed by atoms with van der Waals surface area (Å²) in [7, 11) is 1.63. The lowest BCUT2D eigenvalue weighted by Gasteiger charge is -2.35. The quantitative estimate of drug-likeness (QED) is 0.391. The molecule has 7 nitrogen and oxygen atoms in total. The monoisotopic (exact) mass is 466 g/mol. The second kappa shape index (κ2) is 9.46. The molecule has 176 valence electrons. The second-order valence-corrected chi connectivity index (χ2v) is 8.52. The Balaban J connectivity index is 1.56. The first kappa shape index (κ1) is 22.4. The Hall–Kier alpha value is -4.39. The molecule has 1 atom stereocenters. The molecule has 0 radical (unpaired) electrons. The van der Waals surface area contributed by atoms with Crippen molar-refractivity contribution in [3.63, 3.8) is 0 Å². The van der Waals surface area contributed by atoms with Gasteiger partial charge in [-0.2, -0.15) is 4.98 Å². The van der Waals surface area contributed by atoms with Crippen molar-refractivity contribution < 1.29 is 14.1 Å². The minimum Gasteiger partial charge on any atom is -0.497 e. The van der Waals surface area contributed by atoms with Gasteiger partial charge in [0.1, 0.15) is 5.75 Å². The molecule has 2 amide bonds. The van der Waals surface area contributed by atoms with Gasteiger partial charge in [0.2, 0.25) is 5.82 Å². The maximum Gasteiger partial charge on any atom is 0.322 e. The van der Waals surface area contributed by atoms with Gasteiger partial charge in [-0.1, -0.05) is 65.3 Å². The zero-order valence-corrected chi connectivity index (χ0v) is 19.9. The summed E-state index contributed by atoms with van der Waals surface area (Å²) >= 11 is 0. The van der Waals surface area contributed by atoms with Crippen molar-refractivity contribution in [1.82, 2.24) is 20.4 Å². The number of carbonyl (C=O) groups excluding carboxylic acids is 1. The maximum atomic E-state index is 13.2. The summed E-state index contributed by atoms with van der Waals surface area (Å²) in [6, 6.07) is 24.9. The normalized spacial score (nSPS) is 15.8. The molecule has 0 saturated carbocycles. The molecule has 3 aromatic carbocycles. The average Bonchev–Trinajstić information content (AvgIpc) is 3.37. The molecule has 1 aliphatic heterocycles. The lowest BCUT2D eigenvalue weighted by molar-refractivity contribution is 0.203. The number of hydrogen-bond acceptors (Lipinski definition) is 5. The number of allylic oxidation sites excluding steroid dienone is 1. The predicted molar refractivity (Wildman–Crippen MR) is 133 cm³/mol. The summed E-state index contributed by atoms with van der Waals surface area (Å²) in [5.74, 6) is 1.59. The van der Waals surface area contributed by atoms with Gasteiger partial charge in [0.05, 0.1) is 25.3 Å². The molecule has 0 fully saturated rings. The Morgan fingerprint density at radius 2 is 1.69 bits per heavy atom. The van der Waals surface area contributed by atoms with Crippen LogP contribution in [0, 0.1) is 6.92 Å². The first-order valence-electron chi connectivity index (χ1n) is 11.4.